The number of nitrogens with zero attached hydrogens (tertiary/aromatic N) is 1. The number of rotatable bonds is 4. The topological polar surface area (TPSA) is 101 Å². The van der Waals surface area contributed by atoms with Gasteiger partial charge >= 0.3 is 0 Å². The van der Waals surface area contributed by atoms with Crippen LogP contribution in [0.1, 0.15) is 21.5 Å². The van der Waals surface area contributed by atoms with E-state index in [0.29, 0.717) is 0 Å². The number of benzene rings is 3. The molecule has 0 atom stereocenters. The number of hydrazine groups is 1. The van der Waals surface area contributed by atoms with Crippen LogP contribution in [0.25, 0.3) is 10.8 Å². The van der Waals surface area contributed by atoms with Crippen LogP contribution in [0, 0.1) is 17.0 Å². The van der Waals surface area contributed by atoms with E-state index in [2.05, 4.69) is 10.9 Å². The maximum Gasteiger partial charge on any atom is 0.273 e. The van der Waals surface area contributed by atoms with Gasteiger partial charge in [-0.15, -0.1) is 0 Å². The molecule has 2 N–H and O–H groups in total. The van der Waals surface area contributed by atoms with Crippen molar-refractivity contribution in [2.45, 2.75) is 13.3 Å². The average Bonchev–Trinajstić information content (AvgIpc) is 2.66. The quantitative estimate of drug-likeness (QED) is 0.549. The smallest absolute Gasteiger partial charge is 0.273 e. The Morgan fingerprint density at radius 3 is 2.44 bits per heavy atom. The monoisotopic (exact) mass is 363 g/mol. The van der Waals surface area contributed by atoms with Crippen LogP contribution in [0.4, 0.5) is 5.69 Å². The number of fused-ring (bicyclic) bond motifs is 1. The van der Waals surface area contributed by atoms with Gasteiger partial charge < -0.3 is 0 Å². The predicted octanol–water partition coefficient (Wildman–Crippen LogP) is 3.06. The van der Waals surface area contributed by atoms with Gasteiger partial charge in [0.1, 0.15) is 0 Å². The third-order valence-corrected chi connectivity index (χ3v) is 4.29. The Kier molecular flexibility index (Phi) is 5.12. The first kappa shape index (κ1) is 18.1. The molecule has 0 aliphatic heterocycles. The van der Waals surface area contributed by atoms with E-state index in [1.54, 1.807) is 0 Å². The molecule has 0 aromatic heterocycles. The molecule has 0 bridgehead atoms. The molecule has 27 heavy (non-hydrogen) atoms. The minimum Gasteiger partial charge on any atom is -0.273 e. The van der Waals surface area contributed by atoms with Gasteiger partial charge in [0.25, 0.3) is 11.6 Å². The Bertz CT molecular complexity index is 1040. The van der Waals surface area contributed by atoms with Gasteiger partial charge in [-0.25, -0.2) is 0 Å². The first-order valence-electron chi connectivity index (χ1n) is 8.27. The molecular weight excluding hydrogens is 346 g/mol. The minimum absolute atomic E-state index is 0.0928. The zero-order valence-corrected chi connectivity index (χ0v) is 14.6. The van der Waals surface area contributed by atoms with Crippen molar-refractivity contribution in [3.63, 3.8) is 0 Å². The number of carbonyl (C=O) groups is 2. The number of carbonyl (C=O) groups excluding carboxylic acids is 2. The molecular formula is C20H17N3O4. The van der Waals surface area contributed by atoms with Crippen LogP contribution in [-0.2, 0) is 11.2 Å². The lowest BCUT2D eigenvalue weighted by molar-refractivity contribution is -0.385. The Labute approximate surface area is 155 Å². The van der Waals surface area contributed by atoms with E-state index >= 15 is 0 Å². The summed E-state index contributed by atoms with van der Waals surface area (Å²) in [5.74, 6) is -0.995. The van der Waals surface area contributed by atoms with Crippen LogP contribution in [0.3, 0.4) is 0 Å². The summed E-state index contributed by atoms with van der Waals surface area (Å²) in [4.78, 5) is 34.9. The Balaban J connectivity index is 1.68. The summed E-state index contributed by atoms with van der Waals surface area (Å²) in [6.07, 6.45) is 0.0928. The predicted molar refractivity (Wildman–Crippen MR) is 101 cm³/mol. The van der Waals surface area contributed by atoms with E-state index in [9.17, 15) is 19.7 Å². The fourth-order valence-electron chi connectivity index (χ4n) is 2.92. The molecule has 7 heteroatoms. The number of nitro groups is 1. The number of nitro benzene ring substituents is 1. The molecule has 3 rings (SSSR count). The number of hydrogen-bond acceptors (Lipinski definition) is 4. The lowest BCUT2D eigenvalue weighted by Gasteiger charge is -2.10. The summed E-state index contributed by atoms with van der Waals surface area (Å²) in [5, 5.41) is 13.0. The highest BCUT2D eigenvalue weighted by Gasteiger charge is 2.18. The highest BCUT2D eigenvalue weighted by atomic mass is 16.6. The Morgan fingerprint density at radius 1 is 0.963 bits per heavy atom. The fourth-order valence-corrected chi connectivity index (χ4v) is 2.92. The number of amides is 2. The first-order valence-corrected chi connectivity index (χ1v) is 8.27. The first-order chi connectivity index (χ1) is 13.0. The van der Waals surface area contributed by atoms with Gasteiger partial charge in [0.05, 0.1) is 16.9 Å². The zero-order valence-electron chi connectivity index (χ0n) is 14.6. The minimum atomic E-state index is -0.609. The summed E-state index contributed by atoms with van der Waals surface area (Å²) < 4.78 is 0. The maximum atomic E-state index is 12.3. The van der Waals surface area contributed by atoms with Gasteiger partial charge in [-0.3, -0.25) is 30.6 Å². The molecule has 3 aromatic rings. The molecule has 136 valence electrons. The van der Waals surface area contributed by atoms with E-state index < -0.39 is 10.8 Å². The van der Waals surface area contributed by atoms with Crippen LogP contribution in [-0.4, -0.2) is 16.7 Å². The molecule has 0 fully saturated rings. The lowest BCUT2D eigenvalue weighted by atomic mass is 10.0. The summed E-state index contributed by atoms with van der Waals surface area (Å²) in [5.41, 5.74) is 5.74. The summed E-state index contributed by atoms with van der Waals surface area (Å²) >= 11 is 0. The molecule has 0 aliphatic rings. The second-order valence-corrected chi connectivity index (χ2v) is 6.02. The molecule has 0 saturated carbocycles. The largest absolute Gasteiger partial charge is 0.273 e. The van der Waals surface area contributed by atoms with Gasteiger partial charge in [-0.2, -0.15) is 0 Å². The second-order valence-electron chi connectivity index (χ2n) is 6.02. The lowest BCUT2D eigenvalue weighted by Crippen LogP contribution is -2.42. The fraction of sp³-hybridized carbons (Fsp3) is 0.100. The van der Waals surface area contributed by atoms with Gasteiger partial charge in [-0.05, 0) is 29.3 Å². The standard InChI is InChI=1S/C20H17N3O4/c1-13-16(10-5-11-18(13)23(26)27)20(25)22-21-19(24)12-15-8-4-7-14-6-2-3-9-17(14)15/h2-11H,12H2,1H3,(H,21,24)(H,22,25). The van der Waals surface area contributed by atoms with Crippen LogP contribution >= 0.6 is 0 Å². The number of hydrogen-bond donors (Lipinski definition) is 2. The molecule has 0 spiro atoms. The molecule has 2 amide bonds. The van der Waals surface area contributed by atoms with E-state index in [-0.39, 0.29) is 29.1 Å². The van der Waals surface area contributed by atoms with E-state index in [4.69, 9.17) is 0 Å². The van der Waals surface area contributed by atoms with Gasteiger partial charge in [0.2, 0.25) is 5.91 Å². The maximum absolute atomic E-state index is 12.3. The highest BCUT2D eigenvalue weighted by molar-refractivity contribution is 5.98. The van der Waals surface area contributed by atoms with Gasteiger partial charge in [0, 0.05) is 11.6 Å². The zero-order chi connectivity index (χ0) is 19.4. The van der Waals surface area contributed by atoms with E-state index in [1.807, 2.05) is 42.5 Å². The van der Waals surface area contributed by atoms with Crippen molar-refractivity contribution in [1.29, 1.82) is 0 Å². The molecule has 0 heterocycles. The normalized spacial score (nSPS) is 10.4. The highest BCUT2D eigenvalue weighted by Crippen LogP contribution is 2.21. The van der Waals surface area contributed by atoms with Crippen molar-refractivity contribution in [3.8, 4) is 0 Å². The van der Waals surface area contributed by atoms with Crippen molar-refractivity contribution in [1.82, 2.24) is 10.9 Å². The van der Waals surface area contributed by atoms with Crippen LogP contribution in [0.15, 0.2) is 60.7 Å². The van der Waals surface area contributed by atoms with Crippen LogP contribution in [0.2, 0.25) is 0 Å². The summed E-state index contributed by atoms with van der Waals surface area (Å²) in [6.45, 7) is 1.49. The van der Waals surface area contributed by atoms with E-state index in [0.717, 1.165) is 16.3 Å². The van der Waals surface area contributed by atoms with Crippen molar-refractivity contribution >= 4 is 28.3 Å². The van der Waals surface area contributed by atoms with Crippen LogP contribution in [0.5, 0.6) is 0 Å². The average molecular weight is 363 g/mol. The Hall–Kier alpha value is -3.74. The Morgan fingerprint density at radius 2 is 1.67 bits per heavy atom. The third kappa shape index (κ3) is 3.92. The SMILES string of the molecule is Cc1c(C(=O)NNC(=O)Cc2cccc3ccccc23)cccc1[N+](=O)[O-]. The molecule has 3 aromatic carbocycles. The van der Waals surface area contributed by atoms with Crippen molar-refractivity contribution in [2.75, 3.05) is 0 Å². The molecule has 0 saturated heterocycles. The molecule has 0 radical (unpaired) electrons. The van der Waals surface area contributed by atoms with Crippen molar-refractivity contribution < 1.29 is 14.5 Å². The van der Waals surface area contributed by atoms with Gasteiger partial charge in [0.15, 0.2) is 0 Å². The van der Waals surface area contributed by atoms with Gasteiger partial charge in [-0.1, -0.05) is 48.5 Å². The molecule has 0 unspecified atom stereocenters. The third-order valence-electron chi connectivity index (χ3n) is 4.29. The summed E-state index contributed by atoms with van der Waals surface area (Å²) in [6, 6.07) is 17.6. The van der Waals surface area contributed by atoms with E-state index in [1.165, 1.54) is 25.1 Å². The summed E-state index contributed by atoms with van der Waals surface area (Å²) in [7, 11) is 0. The molecule has 0 aliphatic carbocycles. The number of nitrogens with one attached hydrogen (secondary N) is 2. The second kappa shape index (κ2) is 7.65. The van der Waals surface area contributed by atoms with Crippen LogP contribution < -0.4 is 10.9 Å². The van der Waals surface area contributed by atoms with Crippen molar-refractivity contribution in [3.05, 3.63) is 87.5 Å². The molecule has 7 nitrogen and oxygen atoms in total. The van der Waals surface area contributed by atoms with Crippen molar-refractivity contribution in [2.24, 2.45) is 0 Å².